The number of fused-ring (bicyclic) bond motifs is 2. The van der Waals surface area contributed by atoms with Crippen molar-refractivity contribution in [1.82, 2.24) is 35.4 Å². The Kier molecular flexibility index (Phi) is 7.95. The van der Waals surface area contributed by atoms with Crippen LogP contribution in [0, 0.1) is 0 Å². The van der Waals surface area contributed by atoms with Gasteiger partial charge >= 0.3 is 29.6 Å². The summed E-state index contributed by atoms with van der Waals surface area (Å²) in [7, 11) is 1.26. The van der Waals surface area contributed by atoms with E-state index in [4.69, 9.17) is 16.3 Å². The average Bonchev–Trinajstić information content (AvgIpc) is 3.49. The fourth-order valence-corrected chi connectivity index (χ4v) is 6.51. The normalized spacial score (nSPS) is 19.2. The number of aromatic amines is 1. The number of carboxylic acids is 1. The first kappa shape index (κ1) is 27.1. The Balaban J connectivity index is 0.00000320. The van der Waals surface area contributed by atoms with Gasteiger partial charge in [0.05, 0.1) is 23.2 Å². The molecule has 0 aliphatic carbocycles. The van der Waals surface area contributed by atoms with Gasteiger partial charge in [0, 0.05) is 16.0 Å². The molecule has 5 heterocycles. The predicted octanol–water partition coefficient (Wildman–Crippen LogP) is -4.52. The number of thioether (sulfide) groups is 2. The maximum atomic E-state index is 13.0. The van der Waals surface area contributed by atoms with Crippen molar-refractivity contribution in [2.45, 2.75) is 16.6 Å². The van der Waals surface area contributed by atoms with Crippen LogP contribution >= 0.6 is 34.9 Å². The van der Waals surface area contributed by atoms with Crippen LogP contribution in [-0.2, 0) is 19.2 Å². The van der Waals surface area contributed by atoms with E-state index in [0.717, 1.165) is 28.0 Å². The Bertz CT molecular complexity index is 1470. The zero-order chi connectivity index (χ0) is 25.6. The van der Waals surface area contributed by atoms with Crippen LogP contribution < -0.4 is 51.4 Å². The number of aromatic nitrogens is 5. The fraction of sp³-hybridized carbons (Fsp3) is 0.222. The molecule has 2 aliphatic heterocycles. The molecule has 3 aromatic rings. The summed E-state index contributed by atoms with van der Waals surface area (Å²) < 4.78 is 0. The molecular formula is C18H15N10NaO5S3. The second-order valence-corrected chi connectivity index (χ2v) is 10.3. The minimum absolute atomic E-state index is 0. The topological polar surface area (TPSA) is 231 Å². The van der Waals surface area contributed by atoms with Crippen LogP contribution in [-0.4, -0.2) is 77.8 Å². The number of amides is 2. The monoisotopic (exact) mass is 570 g/mol. The minimum atomic E-state index is -1.55. The van der Waals surface area contributed by atoms with Gasteiger partial charge in [0.25, 0.3) is 11.8 Å². The molecule has 1 saturated heterocycles. The number of thiazole rings is 1. The van der Waals surface area contributed by atoms with Gasteiger partial charge in [-0.2, -0.15) is 5.10 Å². The number of nitrogens with one attached hydrogen (secondary N) is 2. The molecule has 37 heavy (non-hydrogen) atoms. The van der Waals surface area contributed by atoms with E-state index in [-0.39, 0.29) is 68.5 Å². The Morgan fingerprint density at radius 2 is 2.14 bits per heavy atom. The number of rotatable bonds is 7. The van der Waals surface area contributed by atoms with Gasteiger partial charge < -0.3 is 31.5 Å². The van der Waals surface area contributed by atoms with Gasteiger partial charge in [-0.15, -0.1) is 23.1 Å². The van der Waals surface area contributed by atoms with Crippen LogP contribution in [0.5, 0.6) is 0 Å². The molecule has 3 aromatic heterocycles. The number of aliphatic carboxylic acids is 1. The van der Waals surface area contributed by atoms with Crippen LogP contribution in [0.2, 0.25) is 0 Å². The number of anilines is 2. The number of nitrogens with zero attached hydrogens (tertiary/aromatic N) is 6. The summed E-state index contributed by atoms with van der Waals surface area (Å²) in [5.74, 6) is -2.53. The summed E-state index contributed by atoms with van der Waals surface area (Å²) in [6.07, 6.45) is 1.48. The van der Waals surface area contributed by atoms with E-state index in [9.17, 15) is 19.5 Å². The molecule has 1 unspecified atom stereocenters. The molecule has 6 N–H and O–H groups in total. The number of H-pyrrole nitrogens is 1. The Hall–Kier alpha value is -2.90. The van der Waals surface area contributed by atoms with E-state index in [1.54, 1.807) is 0 Å². The van der Waals surface area contributed by atoms with Crippen molar-refractivity contribution in [2.24, 2.45) is 5.16 Å². The maximum Gasteiger partial charge on any atom is 1.00 e. The first-order valence-corrected chi connectivity index (χ1v) is 12.7. The van der Waals surface area contributed by atoms with Gasteiger partial charge in [0.2, 0.25) is 0 Å². The van der Waals surface area contributed by atoms with Crippen molar-refractivity contribution in [1.29, 1.82) is 0 Å². The standard InChI is InChI=1S/C18H16N10O5S3.Na/c1-33-27-8(6-3-35-17(20)22-6)13(29)23-9-14(30)28-10(16(31)32)7(4-34-15(9)28)36-18-24-11(19)5-2-21-26-12(5)25-18;/h2-3,9,15H,4H2,1H3,(H2,20,22)(H,23,29)(H,31,32)(H3,19,21,24,25,26);/q;+1/p-1/b27-8-;/t9?,15-;/m1./s1. The van der Waals surface area contributed by atoms with Crippen molar-refractivity contribution >= 4 is 80.3 Å². The number of carboxylic acid groups (broad SMARTS) is 1. The largest absolute Gasteiger partial charge is 1.00 e. The van der Waals surface area contributed by atoms with E-state index >= 15 is 0 Å². The van der Waals surface area contributed by atoms with Gasteiger partial charge in [-0.1, -0.05) is 16.9 Å². The summed E-state index contributed by atoms with van der Waals surface area (Å²) in [6.45, 7) is 0. The number of carbonyl (C=O) groups is 3. The van der Waals surface area contributed by atoms with Crippen molar-refractivity contribution in [3.63, 3.8) is 0 Å². The smallest absolute Gasteiger partial charge is 0.543 e. The molecule has 2 atom stereocenters. The van der Waals surface area contributed by atoms with E-state index in [0.29, 0.717) is 15.9 Å². The van der Waals surface area contributed by atoms with E-state index < -0.39 is 29.2 Å². The van der Waals surface area contributed by atoms with Crippen molar-refractivity contribution in [3.05, 3.63) is 27.9 Å². The number of β-lactam (4-membered cyclic amide) rings is 1. The van der Waals surface area contributed by atoms with Crippen molar-refractivity contribution in [2.75, 3.05) is 24.3 Å². The van der Waals surface area contributed by atoms with Gasteiger partial charge in [-0.05, 0) is 0 Å². The second kappa shape index (κ2) is 10.8. The number of nitrogen functional groups attached to an aromatic ring is 2. The first-order valence-electron chi connectivity index (χ1n) is 9.95. The number of carbonyl (C=O) groups excluding carboxylic acids is 3. The van der Waals surface area contributed by atoms with E-state index in [2.05, 4.69) is 35.6 Å². The third kappa shape index (κ3) is 4.99. The molecule has 5 rings (SSSR count). The van der Waals surface area contributed by atoms with Crippen LogP contribution in [0.3, 0.4) is 0 Å². The molecule has 186 valence electrons. The Morgan fingerprint density at radius 3 is 2.81 bits per heavy atom. The van der Waals surface area contributed by atoms with Gasteiger partial charge in [0.15, 0.2) is 21.6 Å². The average molecular weight is 571 g/mol. The van der Waals surface area contributed by atoms with Crippen LogP contribution in [0.25, 0.3) is 11.0 Å². The molecule has 2 aliphatic rings. The molecular weight excluding hydrogens is 555 g/mol. The molecule has 19 heteroatoms. The fourth-order valence-electron chi connectivity index (χ4n) is 3.55. The molecule has 15 nitrogen and oxygen atoms in total. The number of hydrogen-bond donors (Lipinski definition) is 4. The van der Waals surface area contributed by atoms with E-state index in [1.807, 2.05) is 0 Å². The van der Waals surface area contributed by atoms with Crippen LogP contribution in [0.4, 0.5) is 10.9 Å². The summed E-state index contributed by atoms with van der Waals surface area (Å²) in [4.78, 5) is 56.4. The van der Waals surface area contributed by atoms with Gasteiger partial charge in [-0.3, -0.25) is 19.6 Å². The molecule has 0 aromatic carbocycles. The SMILES string of the molecule is CO/N=C(\C(=O)NC1C(=O)N2C(C(=O)[O-])=C(Sc3nc(N)c4cn[nH]c4n3)CS[C@H]12)c1csc(N)n1.[Na+]. The Morgan fingerprint density at radius 1 is 1.35 bits per heavy atom. The second-order valence-electron chi connectivity index (χ2n) is 7.24. The van der Waals surface area contributed by atoms with E-state index in [1.165, 1.54) is 30.4 Å². The molecule has 0 spiro atoms. The number of oxime groups is 1. The zero-order valence-electron chi connectivity index (χ0n) is 19.1. The number of hydrogen-bond acceptors (Lipinski definition) is 15. The Labute approximate surface area is 242 Å². The van der Waals surface area contributed by atoms with Crippen LogP contribution in [0.15, 0.2) is 32.5 Å². The molecule has 2 amide bonds. The summed E-state index contributed by atoms with van der Waals surface area (Å²) in [5.41, 5.74) is 11.6. The predicted molar refractivity (Wildman–Crippen MR) is 129 cm³/mol. The van der Waals surface area contributed by atoms with Crippen molar-refractivity contribution in [3.8, 4) is 0 Å². The quantitative estimate of drug-likeness (QED) is 0.0690. The zero-order valence-corrected chi connectivity index (χ0v) is 23.6. The third-order valence-electron chi connectivity index (χ3n) is 5.11. The third-order valence-corrected chi connectivity index (χ3v) is 8.19. The molecule has 0 saturated carbocycles. The minimum Gasteiger partial charge on any atom is -0.543 e. The summed E-state index contributed by atoms with van der Waals surface area (Å²) in [5, 5.41) is 26.6. The summed E-state index contributed by atoms with van der Waals surface area (Å²) in [6, 6.07) is -1.00. The molecule has 0 bridgehead atoms. The van der Waals surface area contributed by atoms with Crippen LogP contribution in [0.1, 0.15) is 5.69 Å². The molecule has 1 fully saturated rings. The first-order chi connectivity index (χ1) is 17.3. The maximum absolute atomic E-state index is 13.0. The van der Waals surface area contributed by atoms with Gasteiger partial charge in [-0.25, -0.2) is 15.0 Å². The van der Waals surface area contributed by atoms with Gasteiger partial charge in [0.1, 0.15) is 30.0 Å². The number of nitrogens with two attached hydrogens (primary N) is 2. The molecule has 0 radical (unpaired) electrons. The summed E-state index contributed by atoms with van der Waals surface area (Å²) >= 11 is 3.32. The van der Waals surface area contributed by atoms with Crippen molar-refractivity contribution < 1.29 is 53.9 Å².